The average Bonchev–Trinajstić information content (AvgIpc) is 3.21. The number of hydrogen-bond acceptors (Lipinski definition) is 2. The molecule has 2 aliphatic rings. The van der Waals surface area contributed by atoms with E-state index >= 15 is 0 Å². The minimum atomic E-state index is -4.47. The van der Waals surface area contributed by atoms with E-state index in [1.54, 1.807) is 22.7 Å². The first-order valence-corrected chi connectivity index (χ1v) is 10.1. The molecule has 2 heterocycles. The highest BCUT2D eigenvalue weighted by Gasteiger charge is 2.35. The SMILES string of the molecule is O=C(CCC1CSC(c2ccc(Cl)c(C(F)(F)F)c2)C1)N1CCC(F)C1. The second-order valence-corrected chi connectivity index (χ2v) is 8.57. The fourth-order valence-electron chi connectivity index (χ4n) is 3.51. The van der Waals surface area contributed by atoms with Gasteiger partial charge in [-0.25, -0.2) is 4.39 Å². The van der Waals surface area contributed by atoms with E-state index < -0.39 is 17.9 Å². The third-order valence-electron chi connectivity index (χ3n) is 5.00. The summed E-state index contributed by atoms with van der Waals surface area (Å²) in [7, 11) is 0. The average molecular weight is 410 g/mol. The van der Waals surface area contributed by atoms with Crippen molar-refractivity contribution in [1.82, 2.24) is 4.90 Å². The number of nitrogens with zero attached hydrogens (tertiary/aromatic N) is 1. The van der Waals surface area contributed by atoms with Crippen molar-refractivity contribution in [3.63, 3.8) is 0 Å². The molecule has 2 aliphatic heterocycles. The van der Waals surface area contributed by atoms with Crippen molar-refractivity contribution >= 4 is 29.3 Å². The van der Waals surface area contributed by atoms with Gasteiger partial charge in [-0.2, -0.15) is 24.9 Å². The maximum atomic E-state index is 13.2. The molecule has 144 valence electrons. The molecule has 3 rings (SSSR count). The third-order valence-corrected chi connectivity index (χ3v) is 6.86. The van der Waals surface area contributed by atoms with Gasteiger partial charge < -0.3 is 4.90 Å². The molecule has 3 unspecified atom stereocenters. The Bertz CT molecular complexity index is 669. The molecule has 0 radical (unpaired) electrons. The Hall–Kier alpha value is -0.950. The smallest absolute Gasteiger partial charge is 0.340 e. The molecule has 0 spiro atoms. The van der Waals surface area contributed by atoms with Gasteiger partial charge >= 0.3 is 6.18 Å². The van der Waals surface area contributed by atoms with Crippen LogP contribution in [0.3, 0.4) is 0 Å². The van der Waals surface area contributed by atoms with Crippen LogP contribution in [0.2, 0.25) is 5.02 Å². The zero-order valence-corrected chi connectivity index (χ0v) is 15.6. The second-order valence-electron chi connectivity index (χ2n) is 6.93. The number of benzene rings is 1. The first-order chi connectivity index (χ1) is 12.2. The van der Waals surface area contributed by atoms with Gasteiger partial charge in [0.05, 0.1) is 17.1 Å². The van der Waals surface area contributed by atoms with Crippen LogP contribution in [-0.4, -0.2) is 35.8 Å². The van der Waals surface area contributed by atoms with Gasteiger partial charge in [0.25, 0.3) is 0 Å². The van der Waals surface area contributed by atoms with E-state index in [0.29, 0.717) is 31.4 Å². The van der Waals surface area contributed by atoms with Crippen LogP contribution in [0.25, 0.3) is 0 Å². The molecule has 2 fully saturated rings. The zero-order chi connectivity index (χ0) is 18.9. The number of carbonyl (C=O) groups excluding carboxylic acids is 1. The lowest BCUT2D eigenvalue weighted by Crippen LogP contribution is -2.29. The quantitative estimate of drug-likeness (QED) is 0.612. The van der Waals surface area contributed by atoms with Crippen LogP contribution in [0.5, 0.6) is 0 Å². The Kier molecular flexibility index (Phi) is 6.07. The largest absolute Gasteiger partial charge is 0.417 e. The minimum Gasteiger partial charge on any atom is -0.340 e. The van der Waals surface area contributed by atoms with E-state index in [2.05, 4.69) is 0 Å². The molecule has 1 amide bonds. The van der Waals surface area contributed by atoms with Crippen LogP contribution in [0.15, 0.2) is 18.2 Å². The zero-order valence-electron chi connectivity index (χ0n) is 14.1. The molecule has 2 saturated heterocycles. The number of carbonyl (C=O) groups is 1. The number of likely N-dealkylation sites (tertiary alicyclic amines) is 1. The predicted molar refractivity (Wildman–Crippen MR) is 95.1 cm³/mol. The summed E-state index contributed by atoms with van der Waals surface area (Å²) in [4.78, 5) is 13.7. The monoisotopic (exact) mass is 409 g/mol. The molecule has 0 saturated carbocycles. The summed E-state index contributed by atoms with van der Waals surface area (Å²) in [5, 5.41) is -0.307. The normalized spacial score (nSPS) is 26.5. The maximum absolute atomic E-state index is 13.2. The van der Waals surface area contributed by atoms with Crippen molar-refractivity contribution in [2.45, 2.75) is 43.3 Å². The Morgan fingerprint density at radius 1 is 1.35 bits per heavy atom. The number of hydrogen-bond donors (Lipinski definition) is 0. The molecule has 8 heteroatoms. The Morgan fingerprint density at radius 2 is 2.12 bits per heavy atom. The molecule has 0 bridgehead atoms. The highest BCUT2D eigenvalue weighted by atomic mass is 35.5. The van der Waals surface area contributed by atoms with Gasteiger partial charge in [-0.15, -0.1) is 0 Å². The number of rotatable bonds is 4. The predicted octanol–water partition coefficient (Wildman–Crippen LogP) is 5.50. The highest BCUT2D eigenvalue weighted by Crippen LogP contribution is 2.46. The molecule has 0 aromatic heterocycles. The van der Waals surface area contributed by atoms with Gasteiger partial charge in [-0.05, 0) is 48.6 Å². The van der Waals surface area contributed by atoms with E-state index in [0.717, 1.165) is 18.2 Å². The second kappa shape index (κ2) is 7.97. The topological polar surface area (TPSA) is 20.3 Å². The van der Waals surface area contributed by atoms with Crippen molar-refractivity contribution in [1.29, 1.82) is 0 Å². The van der Waals surface area contributed by atoms with Gasteiger partial charge in [0.1, 0.15) is 6.17 Å². The molecular weight excluding hydrogens is 390 g/mol. The Morgan fingerprint density at radius 3 is 2.77 bits per heavy atom. The summed E-state index contributed by atoms with van der Waals surface area (Å²) in [5.74, 6) is 1.07. The minimum absolute atomic E-state index is 0.0181. The Balaban J connectivity index is 1.55. The lowest BCUT2D eigenvalue weighted by molar-refractivity contribution is -0.137. The molecule has 3 atom stereocenters. The van der Waals surface area contributed by atoms with Crippen molar-refractivity contribution < 1.29 is 22.4 Å². The maximum Gasteiger partial charge on any atom is 0.417 e. The summed E-state index contributed by atoms with van der Waals surface area (Å²) >= 11 is 7.30. The van der Waals surface area contributed by atoms with Crippen LogP contribution in [-0.2, 0) is 11.0 Å². The van der Waals surface area contributed by atoms with Crippen LogP contribution < -0.4 is 0 Å². The summed E-state index contributed by atoms with van der Waals surface area (Å²) in [5.41, 5.74) is -0.175. The van der Waals surface area contributed by atoms with Gasteiger partial charge in [0.15, 0.2) is 0 Å². The van der Waals surface area contributed by atoms with Crippen molar-refractivity contribution in [2.75, 3.05) is 18.8 Å². The molecule has 2 nitrogen and oxygen atoms in total. The number of thioether (sulfide) groups is 1. The lowest BCUT2D eigenvalue weighted by atomic mass is 9.96. The van der Waals surface area contributed by atoms with Crippen LogP contribution in [0.4, 0.5) is 17.6 Å². The summed E-state index contributed by atoms with van der Waals surface area (Å²) in [6, 6.07) is 4.09. The summed E-state index contributed by atoms with van der Waals surface area (Å²) in [6.45, 7) is 0.666. The third kappa shape index (κ3) is 4.66. The molecule has 0 aliphatic carbocycles. The van der Waals surface area contributed by atoms with E-state index in [9.17, 15) is 22.4 Å². The van der Waals surface area contributed by atoms with Gasteiger partial charge in [0, 0.05) is 18.2 Å². The van der Waals surface area contributed by atoms with E-state index in [1.807, 2.05) is 0 Å². The van der Waals surface area contributed by atoms with Crippen molar-refractivity contribution in [3.8, 4) is 0 Å². The van der Waals surface area contributed by atoms with Gasteiger partial charge in [0.2, 0.25) is 5.91 Å². The summed E-state index contributed by atoms with van der Waals surface area (Å²) < 4.78 is 52.2. The van der Waals surface area contributed by atoms with Gasteiger partial charge in [-0.1, -0.05) is 17.7 Å². The fourth-order valence-corrected chi connectivity index (χ4v) is 5.29. The van der Waals surface area contributed by atoms with Crippen LogP contribution in [0, 0.1) is 5.92 Å². The first kappa shape index (κ1) is 19.8. The van der Waals surface area contributed by atoms with E-state index in [-0.39, 0.29) is 28.6 Å². The van der Waals surface area contributed by atoms with Crippen molar-refractivity contribution in [3.05, 3.63) is 34.3 Å². The molecule has 1 aromatic rings. The first-order valence-electron chi connectivity index (χ1n) is 8.64. The van der Waals surface area contributed by atoms with E-state index in [1.165, 1.54) is 6.07 Å². The van der Waals surface area contributed by atoms with Crippen LogP contribution in [0.1, 0.15) is 42.1 Å². The lowest BCUT2D eigenvalue weighted by Gasteiger charge is -2.17. The number of alkyl halides is 4. The van der Waals surface area contributed by atoms with E-state index in [4.69, 9.17) is 11.6 Å². The highest BCUT2D eigenvalue weighted by molar-refractivity contribution is 7.99. The number of amides is 1. The standard InChI is InChI=1S/C18H20ClF4NOS/c19-15-3-2-12(8-14(15)18(21,22)23)16-7-11(10-26-16)1-4-17(25)24-6-5-13(20)9-24/h2-3,8,11,13,16H,1,4-7,9-10H2. The molecular formula is C18H20ClF4NOS. The van der Waals surface area contributed by atoms with Crippen molar-refractivity contribution in [2.24, 2.45) is 5.92 Å². The molecule has 26 heavy (non-hydrogen) atoms. The van der Waals surface area contributed by atoms with Gasteiger partial charge in [-0.3, -0.25) is 4.79 Å². The number of halogens is 5. The molecule has 1 aromatic carbocycles. The Labute approximate surface area is 159 Å². The van der Waals surface area contributed by atoms with Crippen LogP contribution >= 0.6 is 23.4 Å². The fraction of sp³-hybridized carbons (Fsp3) is 0.611. The summed E-state index contributed by atoms with van der Waals surface area (Å²) in [6.07, 6.45) is -3.17. The molecule has 0 N–H and O–H groups in total.